The molecular weight excluding hydrogens is 364 g/mol. The summed E-state index contributed by atoms with van der Waals surface area (Å²) in [5, 5.41) is 7.90. The maximum absolute atomic E-state index is 12.4. The first-order valence-corrected chi connectivity index (χ1v) is 9.53. The number of anilines is 2. The molecule has 0 saturated heterocycles. The van der Waals surface area contributed by atoms with Gasteiger partial charge < -0.3 is 16.0 Å². The Morgan fingerprint density at radius 3 is 2.76 bits per heavy atom. The highest BCUT2D eigenvalue weighted by atomic mass is 16.2. The minimum absolute atomic E-state index is 0. The highest BCUT2D eigenvalue weighted by Gasteiger charge is 2.26. The lowest BCUT2D eigenvalue weighted by molar-refractivity contribution is 0.0783. The second-order valence-corrected chi connectivity index (χ2v) is 6.99. The van der Waals surface area contributed by atoms with Gasteiger partial charge in [0, 0.05) is 39.3 Å². The van der Waals surface area contributed by atoms with Crippen molar-refractivity contribution < 1.29 is 7.65 Å². The summed E-state index contributed by atoms with van der Waals surface area (Å²) in [4.78, 5) is 18.7. The van der Waals surface area contributed by atoms with Crippen LogP contribution in [0.5, 0.6) is 0 Å². The number of nitrogens with two attached hydrogens (primary N) is 1. The van der Waals surface area contributed by atoms with Crippen LogP contribution < -0.4 is 11.1 Å². The van der Waals surface area contributed by atoms with Crippen LogP contribution in [0.25, 0.3) is 16.9 Å². The van der Waals surface area contributed by atoms with E-state index < -0.39 is 0 Å². The molecule has 0 unspecified atom stereocenters. The van der Waals surface area contributed by atoms with E-state index in [1.165, 1.54) is 0 Å². The number of rotatable bonds is 5. The average Bonchev–Trinajstić information content (AvgIpc) is 3.29. The molecule has 29 heavy (non-hydrogen) atoms. The van der Waals surface area contributed by atoms with Gasteiger partial charge in [-0.25, -0.2) is 4.52 Å². The van der Waals surface area contributed by atoms with Crippen molar-refractivity contribution >= 4 is 23.2 Å². The normalized spacial score (nSPS) is 13.1. The second kappa shape index (κ2) is 7.03. The fourth-order valence-electron chi connectivity index (χ4n) is 3.71. The molecular formula is C22H24N6O. The van der Waals surface area contributed by atoms with E-state index >= 15 is 0 Å². The standard InChI is InChI=1S/C22H20N6O.2H2/c23-11-12-27-14-16-13-17(9-10-18(16)21(27)29)24-22-25-20-8-4-7-19(28(20)26-22)15-5-2-1-3-6-15;;/h1-10,13H,11-12,14,23H2,(H,24,26);2*1H. The van der Waals surface area contributed by atoms with E-state index in [1.807, 2.05) is 71.2 Å². The quantitative estimate of drug-likeness (QED) is 0.546. The van der Waals surface area contributed by atoms with Crippen LogP contribution in [0.1, 0.15) is 18.8 Å². The van der Waals surface area contributed by atoms with E-state index in [9.17, 15) is 4.79 Å². The lowest BCUT2D eigenvalue weighted by Gasteiger charge is -2.13. The van der Waals surface area contributed by atoms with Gasteiger partial charge in [0.25, 0.3) is 5.91 Å². The molecule has 3 heterocycles. The molecule has 1 amide bonds. The topological polar surface area (TPSA) is 88.6 Å². The van der Waals surface area contributed by atoms with Crippen LogP contribution >= 0.6 is 0 Å². The molecule has 7 nitrogen and oxygen atoms in total. The van der Waals surface area contributed by atoms with Gasteiger partial charge in [0.15, 0.2) is 5.65 Å². The number of aromatic nitrogens is 3. The molecule has 0 radical (unpaired) electrons. The Hall–Kier alpha value is -3.71. The Bertz CT molecular complexity index is 1210. The fourth-order valence-corrected chi connectivity index (χ4v) is 3.71. The lowest BCUT2D eigenvalue weighted by atomic mass is 10.1. The van der Waals surface area contributed by atoms with Crippen molar-refractivity contribution in [2.75, 3.05) is 18.4 Å². The monoisotopic (exact) mass is 388 g/mol. The Kier molecular flexibility index (Phi) is 4.22. The minimum Gasteiger partial charge on any atom is -0.333 e. The maximum Gasteiger partial charge on any atom is 0.254 e. The third kappa shape index (κ3) is 3.11. The largest absolute Gasteiger partial charge is 0.333 e. The van der Waals surface area contributed by atoms with Crippen molar-refractivity contribution in [1.82, 2.24) is 19.5 Å². The van der Waals surface area contributed by atoms with Crippen molar-refractivity contribution in [1.29, 1.82) is 0 Å². The molecule has 0 aliphatic carbocycles. The Morgan fingerprint density at radius 1 is 1.07 bits per heavy atom. The molecule has 2 aromatic heterocycles. The van der Waals surface area contributed by atoms with Gasteiger partial charge in [-0.15, -0.1) is 5.10 Å². The number of pyridine rings is 1. The Balaban J connectivity index is 0.00000136. The molecule has 2 aromatic carbocycles. The number of fused-ring (bicyclic) bond motifs is 2. The lowest BCUT2D eigenvalue weighted by Crippen LogP contribution is -2.29. The van der Waals surface area contributed by atoms with Gasteiger partial charge in [-0.1, -0.05) is 36.4 Å². The van der Waals surface area contributed by atoms with Crippen LogP contribution in [0, 0.1) is 0 Å². The molecule has 0 bridgehead atoms. The van der Waals surface area contributed by atoms with E-state index in [0.717, 1.165) is 33.7 Å². The SMILES string of the molecule is NCCN1Cc2cc(Nc3nc4cccc(-c5ccccc5)n4n3)ccc2C1=O.[HH].[HH]. The number of amides is 1. The van der Waals surface area contributed by atoms with E-state index in [4.69, 9.17) is 5.73 Å². The number of carbonyl (C=O) groups excluding carboxylic acids is 1. The zero-order valence-electron chi connectivity index (χ0n) is 15.7. The van der Waals surface area contributed by atoms with E-state index in [-0.39, 0.29) is 8.76 Å². The minimum atomic E-state index is 0. The summed E-state index contributed by atoms with van der Waals surface area (Å²) in [7, 11) is 0. The van der Waals surface area contributed by atoms with Gasteiger partial charge in [0.2, 0.25) is 5.95 Å². The third-order valence-corrected chi connectivity index (χ3v) is 5.07. The average molecular weight is 388 g/mol. The summed E-state index contributed by atoms with van der Waals surface area (Å²) in [5.41, 5.74) is 11.0. The maximum atomic E-state index is 12.4. The van der Waals surface area contributed by atoms with E-state index in [1.54, 1.807) is 4.90 Å². The Morgan fingerprint density at radius 2 is 1.93 bits per heavy atom. The zero-order valence-corrected chi connectivity index (χ0v) is 15.7. The highest BCUT2D eigenvalue weighted by Crippen LogP contribution is 2.27. The third-order valence-electron chi connectivity index (χ3n) is 5.07. The summed E-state index contributed by atoms with van der Waals surface area (Å²) < 4.78 is 1.83. The van der Waals surface area contributed by atoms with Gasteiger partial charge in [0.1, 0.15) is 0 Å². The number of hydrogen-bond acceptors (Lipinski definition) is 5. The van der Waals surface area contributed by atoms with Crippen LogP contribution in [0.15, 0.2) is 66.7 Å². The number of nitrogens with one attached hydrogen (secondary N) is 1. The van der Waals surface area contributed by atoms with Crippen LogP contribution in [0.2, 0.25) is 0 Å². The van der Waals surface area contributed by atoms with Crippen LogP contribution in [-0.2, 0) is 6.54 Å². The van der Waals surface area contributed by atoms with Gasteiger partial charge in [-0.3, -0.25) is 4.79 Å². The number of nitrogens with zero attached hydrogens (tertiary/aromatic N) is 4. The predicted octanol–water partition coefficient (Wildman–Crippen LogP) is 3.55. The van der Waals surface area contributed by atoms with Crippen LogP contribution in [0.3, 0.4) is 0 Å². The first-order chi connectivity index (χ1) is 14.2. The molecule has 1 aliphatic rings. The van der Waals surface area contributed by atoms with Crippen molar-refractivity contribution in [3.63, 3.8) is 0 Å². The van der Waals surface area contributed by atoms with Gasteiger partial charge in [-0.2, -0.15) is 4.98 Å². The first kappa shape index (κ1) is 17.4. The van der Waals surface area contributed by atoms with Crippen molar-refractivity contribution in [3.05, 3.63) is 77.9 Å². The molecule has 3 N–H and O–H groups in total. The van der Waals surface area contributed by atoms with Crippen molar-refractivity contribution in [2.24, 2.45) is 5.73 Å². The van der Waals surface area contributed by atoms with Crippen LogP contribution in [-0.4, -0.2) is 38.5 Å². The summed E-state index contributed by atoms with van der Waals surface area (Å²) in [5.74, 6) is 0.548. The molecule has 0 fully saturated rings. The fraction of sp³-hybridized carbons (Fsp3) is 0.136. The molecule has 148 valence electrons. The molecule has 7 heteroatoms. The van der Waals surface area contributed by atoms with E-state index in [0.29, 0.717) is 25.6 Å². The van der Waals surface area contributed by atoms with Crippen LogP contribution in [0.4, 0.5) is 11.6 Å². The summed E-state index contributed by atoms with van der Waals surface area (Å²) in [6.45, 7) is 1.60. The highest BCUT2D eigenvalue weighted by molar-refractivity contribution is 5.98. The number of carbonyl (C=O) groups is 1. The zero-order chi connectivity index (χ0) is 19.8. The van der Waals surface area contributed by atoms with Crippen molar-refractivity contribution in [3.8, 4) is 11.3 Å². The molecule has 0 atom stereocenters. The Labute approximate surface area is 170 Å². The molecule has 0 spiro atoms. The summed E-state index contributed by atoms with van der Waals surface area (Å²) in [6.07, 6.45) is 0. The molecule has 4 aromatic rings. The summed E-state index contributed by atoms with van der Waals surface area (Å²) in [6, 6.07) is 21.7. The number of benzene rings is 2. The predicted molar refractivity (Wildman–Crippen MR) is 116 cm³/mol. The second-order valence-electron chi connectivity index (χ2n) is 6.99. The first-order valence-electron chi connectivity index (χ1n) is 9.53. The van der Waals surface area contributed by atoms with E-state index in [2.05, 4.69) is 15.4 Å². The van der Waals surface area contributed by atoms with Crippen molar-refractivity contribution in [2.45, 2.75) is 6.54 Å². The molecule has 0 saturated carbocycles. The smallest absolute Gasteiger partial charge is 0.254 e. The van der Waals surface area contributed by atoms with Gasteiger partial charge in [-0.05, 0) is 35.9 Å². The van der Waals surface area contributed by atoms with Gasteiger partial charge in [0.05, 0.1) is 5.69 Å². The van der Waals surface area contributed by atoms with Gasteiger partial charge >= 0.3 is 0 Å². The number of hydrogen-bond donors (Lipinski definition) is 2. The molecule has 1 aliphatic heterocycles. The molecule has 5 rings (SSSR count). The summed E-state index contributed by atoms with van der Waals surface area (Å²) >= 11 is 0.